The lowest BCUT2D eigenvalue weighted by Gasteiger charge is -2.24. The fraction of sp³-hybridized carbons (Fsp3) is 0.571. The van der Waals surface area contributed by atoms with Crippen molar-refractivity contribution in [3.8, 4) is 0 Å². The minimum Gasteiger partial charge on any atom is -0.395 e. The first kappa shape index (κ1) is 15.4. The van der Waals surface area contributed by atoms with Gasteiger partial charge in [-0.05, 0) is 23.5 Å². The summed E-state index contributed by atoms with van der Waals surface area (Å²) >= 11 is 0. The van der Waals surface area contributed by atoms with Crippen LogP contribution in [0.15, 0.2) is 24.3 Å². The van der Waals surface area contributed by atoms with Crippen molar-refractivity contribution < 1.29 is 13.5 Å². The summed E-state index contributed by atoms with van der Waals surface area (Å²) in [5.41, 5.74) is 7.24. The largest absolute Gasteiger partial charge is 0.395 e. The monoisotopic (exact) mass is 298 g/mol. The average Bonchev–Trinajstić information content (AvgIpc) is 2.80. The van der Waals surface area contributed by atoms with Gasteiger partial charge in [0, 0.05) is 13.1 Å². The van der Waals surface area contributed by atoms with E-state index in [-0.39, 0.29) is 24.3 Å². The van der Waals surface area contributed by atoms with Crippen LogP contribution in [0.4, 0.5) is 0 Å². The molecular weight excluding hydrogens is 276 g/mol. The number of benzene rings is 1. The lowest BCUT2D eigenvalue weighted by molar-refractivity contribution is 0.191. The van der Waals surface area contributed by atoms with E-state index in [1.54, 1.807) is 6.07 Å². The highest BCUT2D eigenvalue weighted by Crippen LogP contribution is 2.28. The van der Waals surface area contributed by atoms with Gasteiger partial charge >= 0.3 is 0 Å². The number of rotatable bonds is 5. The first-order valence-electron chi connectivity index (χ1n) is 6.86. The molecule has 1 aliphatic heterocycles. The van der Waals surface area contributed by atoms with Gasteiger partial charge < -0.3 is 10.8 Å². The molecule has 2 atom stereocenters. The lowest BCUT2D eigenvalue weighted by Crippen LogP contribution is -2.40. The van der Waals surface area contributed by atoms with Gasteiger partial charge in [-0.2, -0.15) is 4.31 Å². The third-order valence-corrected chi connectivity index (χ3v) is 5.82. The Bertz CT molecular complexity index is 559. The number of aliphatic hydroxyl groups is 1. The second-order valence-electron chi connectivity index (χ2n) is 5.41. The smallest absolute Gasteiger partial charge is 0.218 e. The van der Waals surface area contributed by atoms with Gasteiger partial charge in [0.05, 0.1) is 18.4 Å². The van der Waals surface area contributed by atoms with E-state index in [1.807, 2.05) is 25.1 Å². The molecule has 1 aromatic carbocycles. The van der Waals surface area contributed by atoms with Crippen LogP contribution in [0.1, 0.15) is 24.5 Å². The van der Waals surface area contributed by atoms with Crippen molar-refractivity contribution >= 4 is 10.0 Å². The molecule has 0 radical (unpaired) electrons. The fourth-order valence-corrected chi connectivity index (χ4v) is 4.57. The van der Waals surface area contributed by atoms with E-state index in [9.17, 15) is 13.5 Å². The van der Waals surface area contributed by atoms with Gasteiger partial charge in [0.15, 0.2) is 0 Å². The molecule has 1 heterocycles. The van der Waals surface area contributed by atoms with Crippen LogP contribution >= 0.6 is 0 Å². The summed E-state index contributed by atoms with van der Waals surface area (Å²) in [5, 5.41) is 9.40. The SMILES string of the molecule is CC1CCN(S(=O)(=O)Cc2cccc(CN)c2)C1CO. The van der Waals surface area contributed by atoms with Crippen molar-refractivity contribution in [2.75, 3.05) is 13.2 Å². The summed E-state index contributed by atoms with van der Waals surface area (Å²) < 4.78 is 26.5. The Labute approximate surface area is 120 Å². The summed E-state index contributed by atoms with van der Waals surface area (Å²) in [6.45, 7) is 2.74. The molecule has 1 fully saturated rings. The van der Waals surface area contributed by atoms with E-state index in [0.717, 1.165) is 17.5 Å². The molecule has 6 heteroatoms. The quantitative estimate of drug-likeness (QED) is 0.837. The van der Waals surface area contributed by atoms with Crippen LogP contribution in [0.3, 0.4) is 0 Å². The van der Waals surface area contributed by atoms with E-state index in [1.165, 1.54) is 4.31 Å². The lowest BCUT2D eigenvalue weighted by atomic mass is 10.0. The van der Waals surface area contributed by atoms with Gasteiger partial charge in [-0.1, -0.05) is 31.2 Å². The standard InChI is InChI=1S/C14H22N2O3S/c1-11-5-6-16(14(11)9-17)20(18,19)10-13-4-2-3-12(7-13)8-15/h2-4,7,11,14,17H,5-6,8-10,15H2,1H3. The Morgan fingerprint density at radius 3 is 2.75 bits per heavy atom. The van der Waals surface area contributed by atoms with Gasteiger partial charge in [-0.3, -0.25) is 0 Å². The molecule has 0 saturated carbocycles. The second-order valence-corrected chi connectivity index (χ2v) is 7.33. The van der Waals surface area contributed by atoms with Crippen molar-refractivity contribution in [2.45, 2.75) is 31.7 Å². The Balaban J connectivity index is 2.18. The van der Waals surface area contributed by atoms with Gasteiger partial charge in [0.2, 0.25) is 10.0 Å². The molecule has 5 nitrogen and oxygen atoms in total. The molecule has 1 saturated heterocycles. The van der Waals surface area contributed by atoms with E-state index in [0.29, 0.717) is 13.1 Å². The van der Waals surface area contributed by atoms with Crippen LogP contribution in [0, 0.1) is 5.92 Å². The summed E-state index contributed by atoms with van der Waals surface area (Å²) in [5.74, 6) is 0.162. The molecular formula is C14H22N2O3S. The Hall–Kier alpha value is -0.950. The first-order chi connectivity index (χ1) is 9.47. The fourth-order valence-electron chi connectivity index (χ4n) is 2.73. The van der Waals surface area contributed by atoms with E-state index in [2.05, 4.69) is 0 Å². The zero-order valence-electron chi connectivity index (χ0n) is 11.7. The molecule has 1 aliphatic rings. The zero-order valence-corrected chi connectivity index (χ0v) is 12.5. The maximum Gasteiger partial charge on any atom is 0.218 e. The second kappa shape index (κ2) is 6.22. The van der Waals surface area contributed by atoms with Crippen molar-refractivity contribution in [1.82, 2.24) is 4.31 Å². The van der Waals surface area contributed by atoms with E-state index >= 15 is 0 Å². The summed E-state index contributed by atoms with van der Waals surface area (Å²) in [6, 6.07) is 7.03. The van der Waals surface area contributed by atoms with E-state index < -0.39 is 10.0 Å². The van der Waals surface area contributed by atoms with Crippen LogP contribution in [0.5, 0.6) is 0 Å². The third-order valence-electron chi connectivity index (χ3n) is 3.95. The highest BCUT2D eigenvalue weighted by atomic mass is 32.2. The highest BCUT2D eigenvalue weighted by Gasteiger charge is 2.38. The summed E-state index contributed by atoms with van der Waals surface area (Å²) in [6.07, 6.45) is 0.799. The molecule has 3 N–H and O–H groups in total. The van der Waals surface area contributed by atoms with Crippen molar-refractivity contribution in [3.63, 3.8) is 0 Å². The van der Waals surface area contributed by atoms with Crippen molar-refractivity contribution in [1.29, 1.82) is 0 Å². The van der Waals surface area contributed by atoms with Crippen molar-refractivity contribution in [3.05, 3.63) is 35.4 Å². The third kappa shape index (κ3) is 3.20. The Morgan fingerprint density at radius 1 is 1.40 bits per heavy atom. The predicted molar refractivity (Wildman–Crippen MR) is 78.3 cm³/mol. The first-order valence-corrected chi connectivity index (χ1v) is 8.47. The normalized spacial score (nSPS) is 24.1. The van der Waals surface area contributed by atoms with Gasteiger partial charge in [-0.25, -0.2) is 8.42 Å². The molecule has 2 unspecified atom stereocenters. The average molecular weight is 298 g/mol. The minimum atomic E-state index is -3.40. The van der Waals surface area contributed by atoms with Gasteiger partial charge in [0.1, 0.15) is 0 Å². The number of nitrogens with two attached hydrogens (primary N) is 1. The number of aliphatic hydroxyl groups excluding tert-OH is 1. The van der Waals surface area contributed by atoms with Crippen LogP contribution in [0.2, 0.25) is 0 Å². The number of sulfonamides is 1. The molecule has 20 heavy (non-hydrogen) atoms. The topological polar surface area (TPSA) is 83.6 Å². The summed E-state index contributed by atoms with van der Waals surface area (Å²) in [7, 11) is -3.40. The molecule has 0 bridgehead atoms. The Morgan fingerprint density at radius 2 is 2.10 bits per heavy atom. The van der Waals surface area contributed by atoms with E-state index in [4.69, 9.17) is 5.73 Å². The molecule has 1 aromatic rings. The number of nitrogens with zero attached hydrogens (tertiary/aromatic N) is 1. The van der Waals surface area contributed by atoms with Crippen LogP contribution in [-0.2, 0) is 22.3 Å². The molecule has 0 spiro atoms. The van der Waals surface area contributed by atoms with Crippen LogP contribution < -0.4 is 5.73 Å². The molecule has 0 amide bonds. The highest BCUT2D eigenvalue weighted by molar-refractivity contribution is 7.88. The Kier molecular flexibility index (Phi) is 4.80. The predicted octanol–water partition coefficient (Wildman–Crippen LogP) is 0.678. The maximum absolute atomic E-state index is 12.5. The molecule has 2 rings (SSSR count). The molecule has 0 aliphatic carbocycles. The number of hydrogen-bond acceptors (Lipinski definition) is 4. The summed E-state index contributed by atoms with van der Waals surface area (Å²) in [4.78, 5) is 0. The van der Waals surface area contributed by atoms with Crippen molar-refractivity contribution in [2.24, 2.45) is 11.7 Å². The van der Waals surface area contributed by atoms with Crippen LogP contribution in [0.25, 0.3) is 0 Å². The van der Waals surface area contributed by atoms with Gasteiger partial charge in [-0.15, -0.1) is 0 Å². The number of hydrogen-bond donors (Lipinski definition) is 2. The maximum atomic E-state index is 12.5. The minimum absolute atomic E-state index is 0.0376. The zero-order chi connectivity index (χ0) is 14.8. The van der Waals surface area contributed by atoms with Gasteiger partial charge in [0.25, 0.3) is 0 Å². The molecule has 0 aromatic heterocycles. The van der Waals surface area contributed by atoms with Crippen LogP contribution in [-0.4, -0.2) is 37.0 Å². The molecule has 112 valence electrons.